The van der Waals surface area contributed by atoms with Gasteiger partial charge in [-0.1, -0.05) is 26.8 Å². The van der Waals surface area contributed by atoms with Crippen molar-refractivity contribution in [2.75, 3.05) is 0 Å². The molecule has 2 heteroatoms. The molecule has 0 saturated heterocycles. The van der Waals surface area contributed by atoms with E-state index in [0.717, 1.165) is 5.70 Å². The molecule has 0 fully saturated rings. The second-order valence-corrected chi connectivity index (χ2v) is 4.19. The molecule has 1 aliphatic rings. The van der Waals surface area contributed by atoms with E-state index in [2.05, 4.69) is 4.99 Å². The van der Waals surface area contributed by atoms with Crippen molar-refractivity contribution in [3.05, 3.63) is 11.8 Å². The van der Waals surface area contributed by atoms with Crippen LogP contribution < -0.4 is 0 Å². The number of rotatable bonds is 1. The minimum absolute atomic E-state index is 0.163. The van der Waals surface area contributed by atoms with Gasteiger partial charge in [-0.15, -0.1) is 0 Å². The second kappa shape index (κ2) is 2.85. The first-order valence-corrected chi connectivity index (χ1v) is 4.20. The Morgan fingerprint density at radius 1 is 1.50 bits per heavy atom. The average molecular weight is 165 g/mol. The number of allylic oxidation sites excluding steroid dienone is 2. The number of hydrogen-bond acceptors (Lipinski definition) is 2. The molecule has 1 heterocycles. The van der Waals surface area contributed by atoms with E-state index < -0.39 is 0 Å². The van der Waals surface area contributed by atoms with Crippen molar-refractivity contribution in [3.63, 3.8) is 0 Å². The van der Waals surface area contributed by atoms with Crippen molar-refractivity contribution in [2.24, 2.45) is 10.4 Å². The molecule has 66 valence electrons. The largest absolute Gasteiger partial charge is 0.292 e. The summed E-state index contributed by atoms with van der Waals surface area (Å²) >= 11 is 0. The Bertz CT molecular complexity index is 266. The Morgan fingerprint density at radius 3 is 2.42 bits per heavy atom. The van der Waals surface area contributed by atoms with Gasteiger partial charge in [0.25, 0.3) is 0 Å². The molecular weight excluding hydrogens is 150 g/mol. The zero-order valence-corrected chi connectivity index (χ0v) is 8.14. The Balaban J connectivity index is 2.76. The summed E-state index contributed by atoms with van der Waals surface area (Å²) in [5.74, 6) is 0.163. The summed E-state index contributed by atoms with van der Waals surface area (Å²) in [6.45, 7) is 7.69. The fourth-order valence-electron chi connectivity index (χ4n) is 1.12. The Hall–Kier alpha value is -0.920. The molecule has 12 heavy (non-hydrogen) atoms. The molecule has 0 aliphatic carbocycles. The summed E-state index contributed by atoms with van der Waals surface area (Å²) in [6.07, 6.45) is 2.70. The summed E-state index contributed by atoms with van der Waals surface area (Å²) in [5.41, 5.74) is 1.37. The van der Waals surface area contributed by atoms with E-state index in [4.69, 9.17) is 0 Å². The molecule has 2 nitrogen and oxygen atoms in total. The third kappa shape index (κ3) is 1.81. The van der Waals surface area contributed by atoms with Crippen LogP contribution in [0, 0.1) is 5.41 Å². The minimum atomic E-state index is -0.294. The number of carbonyl (C=O) groups excluding carboxylic acids is 1. The SMILES string of the molecule is CC1=CCC(C(=O)C(C)(C)C)=N1. The third-order valence-electron chi connectivity index (χ3n) is 1.85. The van der Waals surface area contributed by atoms with Crippen LogP contribution in [0.25, 0.3) is 0 Å². The van der Waals surface area contributed by atoms with Crippen LogP contribution in [-0.4, -0.2) is 11.5 Å². The number of nitrogens with zero attached hydrogens (tertiary/aromatic N) is 1. The summed E-state index contributed by atoms with van der Waals surface area (Å²) in [5, 5.41) is 0. The average Bonchev–Trinajstić information content (AvgIpc) is 2.32. The zero-order chi connectivity index (χ0) is 9.35. The fraction of sp³-hybridized carbons (Fsp3) is 0.600. The van der Waals surface area contributed by atoms with Crippen LogP contribution >= 0.6 is 0 Å². The zero-order valence-electron chi connectivity index (χ0n) is 8.14. The minimum Gasteiger partial charge on any atom is -0.292 e. The van der Waals surface area contributed by atoms with E-state index in [1.54, 1.807) is 0 Å². The number of hydrogen-bond donors (Lipinski definition) is 0. The first-order chi connectivity index (χ1) is 5.41. The van der Waals surface area contributed by atoms with Gasteiger partial charge in [0.05, 0.1) is 5.71 Å². The lowest BCUT2D eigenvalue weighted by atomic mass is 9.87. The fourth-order valence-corrected chi connectivity index (χ4v) is 1.12. The monoisotopic (exact) mass is 165 g/mol. The lowest BCUT2D eigenvalue weighted by Crippen LogP contribution is -2.27. The van der Waals surface area contributed by atoms with Gasteiger partial charge in [0.15, 0.2) is 5.78 Å². The highest BCUT2D eigenvalue weighted by Gasteiger charge is 2.26. The van der Waals surface area contributed by atoms with Gasteiger partial charge in [-0.2, -0.15) is 0 Å². The standard InChI is InChI=1S/C10H15NO/c1-7-5-6-8(11-7)9(12)10(2,3)4/h5H,6H2,1-4H3. The van der Waals surface area contributed by atoms with Gasteiger partial charge >= 0.3 is 0 Å². The van der Waals surface area contributed by atoms with Crippen LogP contribution in [0.1, 0.15) is 34.1 Å². The highest BCUT2D eigenvalue weighted by atomic mass is 16.1. The molecule has 0 bridgehead atoms. The van der Waals surface area contributed by atoms with Crippen molar-refractivity contribution in [1.82, 2.24) is 0 Å². The van der Waals surface area contributed by atoms with Crippen LogP contribution in [0.15, 0.2) is 16.8 Å². The molecule has 0 unspecified atom stereocenters. The molecule has 0 amide bonds. The van der Waals surface area contributed by atoms with Crippen LogP contribution in [0.5, 0.6) is 0 Å². The maximum absolute atomic E-state index is 11.6. The summed E-state index contributed by atoms with van der Waals surface area (Å²) in [4.78, 5) is 15.8. The second-order valence-electron chi connectivity index (χ2n) is 4.19. The van der Waals surface area contributed by atoms with Crippen LogP contribution in [0.4, 0.5) is 0 Å². The summed E-state index contributed by atoms with van der Waals surface area (Å²) in [7, 11) is 0. The van der Waals surface area contributed by atoms with Crippen molar-refractivity contribution >= 4 is 11.5 Å². The maximum Gasteiger partial charge on any atom is 0.182 e. The lowest BCUT2D eigenvalue weighted by Gasteiger charge is -2.15. The maximum atomic E-state index is 11.6. The van der Waals surface area contributed by atoms with Gasteiger partial charge in [-0.05, 0) is 6.92 Å². The highest BCUT2D eigenvalue weighted by Crippen LogP contribution is 2.20. The molecule has 0 aromatic heterocycles. The van der Waals surface area contributed by atoms with Crippen molar-refractivity contribution in [1.29, 1.82) is 0 Å². The number of carbonyl (C=O) groups is 1. The third-order valence-corrected chi connectivity index (χ3v) is 1.85. The van der Waals surface area contributed by atoms with Crippen LogP contribution in [-0.2, 0) is 4.79 Å². The predicted molar refractivity (Wildman–Crippen MR) is 50.3 cm³/mol. The van der Waals surface area contributed by atoms with E-state index in [9.17, 15) is 4.79 Å². The summed E-state index contributed by atoms with van der Waals surface area (Å²) < 4.78 is 0. The van der Waals surface area contributed by atoms with E-state index in [0.29, 0.717) is 12.1 Å². The smallest absolute Gasteiger partial charge is 0.182 e. The van der Waals surface area contributed by atoms with Crippen molar-refractivity contribution in [2.45, 2.75) is 34.1 Å². The Morgan fingerprint density at radius 2 is 2.08 bits per heavy atom. The molecule has 1 rings (SSSR count). The van der Waals surface area contributed by atoms with Gasteiger partial charge < -0.3 is 0 Å². The van der Waals surface area contributed by atoms with E-state index >= 15 is 0 Å². The molecule has 0 radical (unpaired) electrons. The van der Waals surface area contributed by atoms with Gasteiger partial charge in [0.2, 0.25) is 0 Å². The Labute approximate surface area is 73.4 Å². The van der Waals surface area contributed by atoms with Crippen molar-refractivity contribution < 1.29 is 4.79 Å². The van der Waals surface area contributed by atoms with Crippen molar-refractivity contribution in [3.8, 4) is 0 Å². The van der Waals surface area contributed by atoms with E-state index in [1.165, 1.54) is 0 Å². The molecule has 0 aromatic rings. The molecule has 0 saturated carbocycles. The number of Topliss-reactive ketones (excluding diaryl/α,β-unsaturated/α-hetero) is 1. The number of aliphatic imine (C=N–C) groups is 1. The molecule has 0 spiro atoms. The Kier molecular flexibility index (Phi) is 2.18. The molecule has 0 atom stereocenters. The normalized spacial score (nSPS) is 17.3. The van der Waals surface area contributed by atoms with E-state index in [-0.39, 0.29) is 11.2 Å². The molecule has 1 aliphatic heterocycles. The van der Waals surface area contributed by atoms with E-state index in [1.807, 2.05) is 33.8 Å². The predicted octanol–water partition coefficient (Wildman–Crippen LogP) is 2.35. The van der Waals surface area contributed by atoms with Crippen LogP contribution in [0.3, 0.4) is 0 Å². The lowest BCUT2D eigenvalue weighted by molar-refractivity contribution is -0.119. The molecular formula is C10H15NO. The van der Waals surface area contributed by atoms with Gasteiger partial charge in [-0.25, -0.2) is 0 Å². The van der Waals surface area contributed by atoms with Gasteiger partial charge in [0.1, 0.15) is 0 Å². The topological polar surface area (TPSA) is 29.4 Å². The first kappa shape index (κ1) is 9.17. The van der Waals surface area contributed by atoms with Crippen LogP contribution in [0.2, 0.25) is 0 Å². The molecule has 0 aromatic carbocycles. The molecule has 0 N–H and O–H groups in total. The highest BCUT2D eigenvalue weighted by molar-refractivity contribution is 6.42. The number of ketones is 1. The van der Waals surface area contributed by atoms with Gasteiger partial charge in [0, 0.05) is 17.5 Å². The summed E-state index contributed by atoms with van der Waals surface area (Å²) in [6, 6.07) is 0. The first-order valence-electron chi connectivity index (χ1n) is 4.20. The quantitative estimate of drug-likeness (QED) is 0.586. The van der Waals surface area contributed by atoms with Gasteiger partial charge in [-0.3, -0.25) is 9.79 Å².